The van der Waals surface area contributed by atoms with Crippen LogP contribution < -0.4 is 4.74 Å². The first-order chi connectivity index (χ1) is 16.7. The van der Waals surface area contributed by atoms with Gasteiger partial charge in [-0.05, 0) is 55.0 Å². The lowest BCUT2D eigenvalue weighted by Crippen LogP contribution is -2.45. The standard InChI is InChI=1S/C28H35N3O4/c1-6-31(33)27(32)30-17-15-21(16-18-30)26-29-24(19-7-11-22(12-8-19)28(2,3)4)25(35-26)20-9-13-23(34-5)14-10-20/h7-14,21,33H,6,15-18H2,1-5H3. The summed E-state index contributed by atoms with van der Waals surface area (Å²) < 4.78 is 11.7. The highest BCUT2D eigenvalue weighted by molar-refractivity contribution is 5.77. The summed E-state index contributed by atoms with van der Waals surface area (Å²) in [6, 6.07) is 16.0. The van der Waals surface area contributed by atoms with Crippen LogP contribution in [0.4, 0.5) is 4.79 Å². The van der Waals surface area contributed by atoms with Crippen LogP contribution in [-0.4, -0.2) is 52.9 Å². The van der Waals surface area contributed by atoms with Gasteiger partial charge in [0.2, 0.25) is 0 Å². The highest BCUT2D eigenvalue weighted by Gasteiger charge is 2.30. The molecule has 0 saturated carbocycles. The normalized spacial score (nSPS) is 14.7. The fourth-order valence-corrected chi connectivity index (χ4v) is 4.39. The van der Waals surface area contributed by atoms with Gasteiger partial charge in [0.15, 0.2) is 11.7 Å². The van der Waals surface area contributed by atoms with E-state index in [-0.39, 0.29) is 23.9 Å². The van der Waals surface area contributed by atoms with Crippen molar-refractivity contribution in [2.75, 3.05) is 26.7 Å². The molecule has 2 heterocycles. The lowest BCUT2D eigenvalue weighted by atomic mass is 9.86. The molecular weight excluding hydrogens is 442 g/mol. The highest BCUT2D eigenvalue weighted by Crippen LogP contribution is 2.38. The smallest absolute Gasteiger partial charge is 0.343 e. The van der Waals surface area contributed by atoms with Crippen LogP contribution in [0.3, 0.4) is 0 Å². The van der Waals surface area contributed by atoms with Gasteiger partial charge in [-0.3, -0.25) is 5.21 Å². The first kappa shape index (κ1) is 24.8. The summed E-state index contributed by atoms with van der Waals surface area (Å²) in [5.41, 5.74) is 4.09. The molecule has 1 aliphatic rings. The molecule has 0 unspecified atom stereocenters. The number of urea groups is 1. The van der Waals surface area contributed by atoms with E-state index in [9.17, 15) is 10.0 Å². The first-order valence-electron chi connectivity index (χ1n) is 12.2. The molecular formula is C28H35N3O4. The molecule has 186 valence electrons. The van der Waals surface area contributed by atoms with Crippen LogP contribution in [0.1, 0.15) is 57.9 Å². The summed E-state index contributed by atoms with van der Waals surface area (Å²) in [6.45, 7) is 9.72. The van der Waals surface area contributed by atoms with E-state index >= 15 is 0 Å². The predicted octanol–water partition coefficient (Wildman–Crippen LogP) is 6.33. The van der Waals surface area contributed by atoms with E-state index in [0.29, 0.717) is 19.0 Å². The second-order valence-electron chi connectivity index (χ2n) is 10.0. The van der Waals surface area contributed by atoms with E-state index in [1.807, 2.05) is 24.3 Å². The minimum absolute atomic E-state index is 0.0691. The van der Waals surface area contributed by atoms with Crippen LogP contribution in [0.2, 0.25) is 0 Å². The number of amides is 2. The van der Waals surface area contributed by atoms with Crippen LogP contribution in [0.5, 0.6) is 5.75 Å². The number of benzene rings is 2. The molecule has 0 bridgehead atoms. The molecule has 4 rings (SSSR count). The number of likely N-dealkylation sites (tertiary alicyclic amines) is 1. The summed E-state index contributed by atoms with van der Waals surface area (Å²) >= 11 is 0. The molecule has 3 aromatic rings. The average Bonchev–Trinajstić information content (AvgIpc) is 3.33. The number of piperidine rings is 1. The van der Waals surface area contributed by atoms with E-state index in [0.717, 1.165) is 46.2 Å². The Balaban J connectivity index is 1.64. The third kappa shape index (κ3) is 5.35. The number of methoxy groups -OCH3 is 1. The molecule has 1 aromatic heterocycles. The topological polar surface area (TPSA) is 79.0 Å². The maximum atomic E-state index is 12.3. The van der Waals surface area contributed by atoms with E-state index in [1.165, 1.54) is 5.56 Å². The Kier molecular flexibility index (Phi) is 7.17. The Labute approximate surface area is 207 Å². The van der Waals surface area contributed by atoms with Gasteiger partial charge in [0.25, 0.3) is 0 Å². The summed E-state index contributed by atoms with van der Waals surface area (Å²) in [5.74, 6) is 2.31. The van der Waals surface area contributed by atoms with Crippen molar-refractivity contribution >= 4 is 6.03 Å². The number of carbonyl (C=O) groups is 1. The van der Waals surface area contributed by atoms with Gasteiger partial charge in [-0.1, -0.05) is 45.0 Å². The lowest BCUT2D eigenvalue weighted by molar-refractivity contribution is -0.0543. The number of nitrogens with zero attached hydrogens (tertiary/aromatic N) is 3. The zero-order valence-corrected chi connectivity index (χ0v) is 21.2. The Hall–Kier alpha value is -3.32. The minimum Gasteiger partial charge on any atom is -0.497 e. The average molecular weight is 478 g/mol. The van der Waals surface area contributed by atoms with Crippen LogP contribution in [0, 0.1) is 0 Å². The number of carbonyl (C=O) groups excluding carboxylic acids is 1. The number of rotatable bonds is 5. The molecule has 1 N–H and O–H groups in total. The molecule has 35 heavy (non-hydrogen) atoms. The summed E-state index contributed by atoms with van der Waals surface area (Å²) in [5, 5.41) is 10.5. The third-order valence-corrected chi connectivity index (χ3v) is 6.66. The molecule has 0 radical (unpaired) electrons. The number of ether oxygens (including phenoxy) is 1. The molecule has 1 aliphatic heterocycles. The van der Waals surface area contributed by atoms with Crippen molar-refractivity contribution < 1.29 is 19.2 Å². The van der Waals surface area contributed by atoms with Crippen LogP contribution in [0.15, 0.2) is 52.9 Å². The largest absolute Gasteiger partial charge is 0.497 e. The van der Waals surface area contributed by atoms with Crippen molar-refractivity contribution in [1.29, 1.82) is 0 Å². The Morgan fingerprint density at radius 1 is 1.09 bits per heavy atom. The number of oxazole rings is 1. The Bertz CT molecular complexity index is 1140. The van der Waals surface area contributed by atoms with E-state index < -0.39 is 0 Å². The fourth-order valence-electron chi connectivity index (χ4n) is 4.39. The van der Waals surface area contributed by atoms with E-state index in [2.05, 4.69) is 45.0 Å². The fraction of sp³-hybridized carbons (Fsp3) is 0.429. The van der Waals surface area contributed by atoms with Gasteiger partial charge in [-0.2, -0.15) is 0 Å². The van der Waals surface area contributed by atoms with Crippen molar-refractivity contribution in [1.82, 2.24) is 14.9 Å². The van der Waals surface area contributed by atoms with E-state index in [1.54, 1.807) is 18.9 Å². The number of hydrogen-bond acceptors (Lipinski definition) is 5. The van der Waals surface area contributed by atoms with Crippen LogP contribution in [0.25, 0.3) is 22.6 Å². The summed E-state index contributed by atoms with van der Waals surface area (Å²) in [7, 11) is 1.65. The van der Waals surface area contributed by atoms with Crippen molar-refractivity contribution in [3.8, 4) is 28.3 Å². The molecule has 1 fully saturated rings. The zero-order chi connectivity index (χ0) is 25.2. The Morgan fingerprint density at radius 3 is 2.23 bits per heavy atom. The minimum atomic E-state index is -0.350. The molecule has 2 amide bonds. The van der Waals surface area contributed by atoms with Gasteiger partial charge in [-0.25, -0.2) is 14.8 Å². The van der Waals surface area contributed by atoms with Gasteiger partial charge in [0, 0.05) is 36.7 Å². The summed E-state index contributed by atoms with van der Waals surface area (Å²) in [4.78, 5) is 19.0. The maximum absolute atomic E-state index is 12.3. The third-order valence-electron chi connectivity index (χ3n) is 6.66. The van der Waals surface area contributed by atoms with Gasteiger partial charge in [-0.15, -0.1) is 0 Å². The number of hydroxylamine groups is 2. The van der Waals surface area contributed by atoms with Crippen molar-refractivity contribution in [3.63, 3.8) is 0 Å². The maximum Gasteiger partial charge on any atom is 0.343 e. The molecule has 7 heteroatoms. The first-order valence-corrected chi connectivity index (χ1v) is 12.2. The quantitative estimate of drug-likeness (QED) is 0.343. The van der Waals surface area contributed by atoms with Crippen molar-refractivity contribution in [2.45, 2.75) is 51.9 Å². The highest BCUT2D eigenvalue weighted by atomic mass is 16.5. The summed E-state index contributed by atoms with van der Waals surface area (Å²) in [6.07, 6.45) is 1.46. The zero-order valence-electron chi connectivity index (χ0n) is 21.2. The Morgan fingerprint density at radius 2 is 1.69 bits per heavy atom. The van der Waals surface area contributed by atoms with Crippen LogP contribution >= 0.6 is 0 Å². The predicted molar refractivity (Wildman–Crippen MR) is 136 cm³/mol. The second-order valence-corrected chi connectivity index (χ2v) is 10.0. The SMILES string of the molecule is CCN(O)C(=O)N1CCC(c2nc(-c3ccc(C(C)(C)C)cc3)c(-c3ccc(OC)cc3)o2)CC1. The number of hydrogen-bond donors (Lipinski definition) is 1. The molecule has 0 aliphatic carbocycles. The van der Waals surface area contributed by atoms with Gasteiger partial charge < -0.3 is 14.1 Å². The second kappa shape index (κ2) is 10.1. The van der Waals surface area contributed by atoms with Gasteiger partial charge >= 0.3 is 6.03 Å². The molecule has 0 spiro atoms. The van der Waals surface area contributed by atoms with E-state index in [4.69, 9.17) is 14.1 Å². The van der Waals surface area contributed by atoms with Crippen molar-refractivity contribution in [2.24, 2.45) is 0 Å². The molecule has 1 saturated heterocycles. The van der Waals surface area contributed by atoms with Gasteiger partial charge in [0.1, 0.15) is 11.4 Å². The van der Waals surface area contributed by atoms with Crippen molar-refractivity contribution in [3.05, 3.63) is 60.0 Å². The molecule has 0 atom stereocenters. The monoisotopic (exact) mass is 477 g/mol. The lowest BCUT2D eigenvalue weighted by Gasteiger charge is -2.32. The van der Waals surface area contributed by atoms with Crippen LogP contribution in [-0.2, 0) is 5.41 Å². The van der Waals surface area contributed by atoms with Gasteiger partial charge in [0.05, 0.1) is 7.11 Å². The molecule has 7 nitrogen and oxygen atoms in total. The molecule has 2 aromatic carbocycles. The number of aromatic nitrogens is 1.